The number of primary amides is 1. The van der Waals surface area contributed by atoms with Crippen molar-refractivity contribution in [1.29, 1.82) is 0 Å². The van der Waals surface area contributed by atoms with Gasteiger partial charge in [-0.05, 0) is 24.3 Å². The first-order chi connectivity index (χ1) is 11.0. The lowest BCUT2D eigenvalue weighted by molar-refractivity contribution is -0.385. The van der Waals surface area contributed by atoms with Gasteiger partial charge < -0.3 is 15.8 Å². The third-order valence-electron chi connectivity index (χ3n) is 2.85. The number of ether oxygens (including phenoxy) is 1. The van der Waals surface area contributed by atoms with Crippen LogP contribution in [0, 0.1) is 10.1 Å². The molecule has 23 heavy (non-hydrogen) atoms. The lowest BCUT2D eigenvalue weighted by Gasteiger charge is -2.08. The van der Waals surface area contributed by atoms with Gasteiger partial charge in [0.2, 0.25) is 5.91 Å². The molecule has 3 N–H and O–H groups in total. The van der Waals surface area contributed by atoms with E-state index >= 15 is 0 Å². The summed E-state index contributed by atoms with van der Waals surface area (Å²) in [6.07, 6.45) is 0. The van der Waals surface area contributed by atoms with Gasteiger partial charge in [0.1, 0.15) is 0 Å². The van der Waals surface area contributed by atoms with Gasteiger partial charge in [-0.15, -0.1) is 0 Å². The summed E-state index contributed by atoms with van der Waals surface area (Å²) in [5, 5.41) is 13.4. The molecule has 0 spiro atoms. The van der Waals surface area contributed by atoms with Gasteiger partial charge in [0.15, 0.2) is 12.4 Å². The molecule has 2 aromatic rings. The van der Waals surface area contributed by atoms with E-state index in [0.29, 0.717) is 5.69 Å². The van der Waals surface area contributed by atoms with E-state index in [1.165, 1.54) is 30.3 Å². The highest BCUT2D eigenvalue weighted by Crippen LogP contribution is 2.25. The zero-order valence-electron chi connectivity index (χ0n) is 11.9. The number of carbonyl (C=O) groups is 2. The van der Waals surface area contributed by atoms with Crippen molar-refractivity contribution < 1.29 is 19.2 Å². The Hall–Kier alpha value is -3.42. The summed E-state index contributed by atoms with van der Waals surface area (Å²) in [7, 11) is 0. The second-order valence-corrected chi connectivity index (χ2v) is 4.51. The van der Waals surface area contributed by atoms with Crippen molar-refractivity contribution in [2.24, 2.45) is 5.73 Å². The zero-order valence-corrected chi connectivity index (χ0v) is 11.9. The van der Waals surface area contributed by atoms with Crippen molar-refractivity contribution in [2.75, 3.05) is 11.9 Å². The maximum atomic E-state index is 11.8. The Labute approximate surface area is 131 Å². The molecule has 2 amide bonds. The number of anilines is 1. The monoisotopic (exact) mass is 315 g/mol. The maximum absolute atomic E-state index is 11.8. The van der Waals surface area contributed by atoms with Crippen LogP contribution in [0.5, 0.6) is 5.75 Å². The van der Waals surface area contributed by atoms with E-state index in [0.717, 1.165) is 0 Å². The molecule has 0 aromatic heterocycles. The van der Waals surface area contributed by atoms with Gasteiger partial charge in [0.05, 0.1) is 4.92 Å². The Morgan fingerprint density at radius 2 is 1.91 bits per heavy atom. The van der Waals surface area contributed by atoms with E-state index in [9.17, 15) is 19.7 Å². The van der Waals surface area contributed by atoms with Crippen LogP contribution in [0.1, 0.15) is 10.4 Å². The number of nitrogens with zero attached hydrogens (tertiary/aromatic N) is 1. The summed E-state index contributed by atoms with van der Waals surface area (Å²) in [6, 6.07) is 11.8. The molecule has 2 aromatic carbocycles. The lowest BCUT2D eigenvalue weighted by Crippen LogP contribution is -2.21. The Morgan fingerprint density at radius 1 is 1.17 bits per heavy atom. The molecule has 8 nitrogen and oxygen atoms in total. The molecule has 0 heterocycles. The molecule has 118 valence electrons. The summed E-state index contributed by atoms with van der Waals surface area (Å²) < 4.78 is 5.16. The average molecular weight is 315 g/mol. The first kappa shape index (κ1) is 16.0. The minimum Gasteiger partial charge on any atom is -0.477 e. The van der Waals surface area contributed by atoms with Crippen LogP contribution in [0.25, 0.3) is 0 Å². The van der Waals surface area contributed by atoms with E-state index < -0.39 is 23.3 Å². The third kappa shape index (κ3) is 4.27. The summed E-state index contributed by atoms with van der Waals surface area (Å²) >= 11 is 0. The number of benzene rings is 2. The zero-order chi connectivity index (χ0) is 16.8. The van der Waals surface area contributed by atoms with E-state index in [1.807, 2.05) is 0 Å². The molecule has 8 heteroatoms. The molecular formula is C15H13N3O5. The molecule has 0 atom stereocenters. The van der Waals surface area contributed by atoms with Crippen LogP contribution in [-0.4, -0.2) is 23.3 Å². The number of nitrogens with two attached hydrogens (primary N) is 1. The van der Waals surface area contributed by atoms with Crippen LogP contribution in [-0.2, 0) is 4.79 Å². The minimum absolute atomic E-state index is 0.00135. The van der Waals surface area contributed by atoms with Crippen molar-refractivity contribution in [2.45, 2.75) is 0 Å². The number of carbonyl (C=O) groups excluding carboxylic acids is 2. The Morgan fingerprint density at radius 3 is 2.61 bits per heavy atom. The number of amides is 2. The first-order valence-corrected chi connectivity index (χ1v) is 6.53. The lowest BCUT2D eigenvalue weighted by atomic mass is 10.2. The van der Waals surface area contributed by atoms with E-state index in [-0.39, 0.29) is 17.0 Å². The van der Waals surface area contributed by atoms with Gasteiger partial charge in [-0.25, -0.2) is 0 Å². The number of nitro benzene ring substituents is 1. The van der Waals surface area contributed by atoms with Crippen molar-refractivity contribution in [3.63, 3.8) is 0 Å². The van der Waals surface area contributed by atoms with Gasteiger partial charge in [-0.2, -0.15) is 0 Å². The molecule has 0 aliphatic heterocycles. The van der Waals surface area contributed by atoms with Crippen LogP contribution in [0.4, 0.5) is 11.4 Å². The molecule has 0 saturated carbocycles. The highest BCUT2D eigenvalue weighted by Gasteiger charge is 2.15. The fraction of sp³-hybridized carbons (Fsp3) is 0.0667. The van der Waals surface area contributed by atoms with Crippen molar-refractivity contribution in [3.05, 3.63) is 64.2 Å². The number of hydrogen-bond donors (Lipinski definition) is 2. The first-order valence-electron chi connectivity index (χ1n) is 6.53. The second-order valence-electron chi connectivity index (χ2n) is 4.51. The number of rotatable bonds is 6. The predicted molar refractivity (Wildman–Crippen MR) is 82.2 cm³/mol. The van der Waals surface area contributed by atoms with Crippen molar-refractivity contribution in [3.8, 4) is 5.75 Å². The largest absolute Gasteiger partial charge is 0.477 e. The molecular weight excluding hydrogens is 302 g/mol. The van der Waals surface area contributed by atoms with Crippen LogP contribution in [0.15, 0.2) is 48.5 Å². The van der Waals surface area contributed by atoms with E-state index in [1.54, 1.807) is 18.2 Å². The van der Waals surface area contributed by atoms with E-state index in [2.05, 4.69) is 5.32 Å². The van der Waals surface area contributed by atoms with Crippen LogP contribution in [0.3, 0.4) is 0 Å². The molecule has 0 aliphatic carbocycles. The normalized spacial score (nSPS) is 9.91. The SMILES string of the molecule is NC(=O)c1cccc(NC(=O)COc2ccccc2[N+](=O)[O-])c1. The fourth-order valence-corrected chi connectivity index (χ4v) is 1.82. The fourth-order valence-electron chi connectivity index (χ4n) is 1.82. The standard InChI is InChI=1S/C15H13N3O5/c16-15(20)10-4-3-5-11(8-10)17-14(19)9-23-13-7-2-1-6-12(13)18(21)22/h1-8H,9H2,(H2,16,20)(H,17,19). The molecule has 0 bridgehead atoms. The summed E-state index contributed by atoms with van der Waals surface area (Å²) in [4.78, 5) is 33.1. The van der Waals surface area contributed by atoms with Gasteiger partial charge in [0.25, 0.3) is 5.91 Å². The van der Waals surface area contributed by atoms with Gasteiger partial charge in [-0.1, -0.05) is 18.2 Å². The number of hydrogen-bond acceptors (Lipinski definition) is 5. The Kier molecular flexibility index (Phi) is 4.88. The van der Waals surface area contributed by atoms with Crippen molar-refractivity contribution in [1.82, 2.24) is 0 Å². The molecule has 2 rings (SSSR count). The smallest absolute Gasteiger partial charge is 0.310 e. The van der Waals surface area contributed by atoms with Gasteiger partial charge in [0, 0.05) is 17.3 Å². The Bertz CT molecular complexity index is 760. The van der Waals surface area contributed by atoms with Crippen LogP contribution < -0.4 is 15.8 Å². The average Bonchev–Trinajstić information content (AvgIpc) is 2.53. The maximum Gasteiger partial charge on any atom is 0.310 e. The topological polar surface area (TPSA) is 125 Å². The summed E-state index contributed by atoms with van der Waals surface area (Å²) in [6.45, 7) is -0.411. The Balaban J connectivity index is 2.00. The molecule has 0 unspecified atom stereocenters. The van der Waals surface area contributed by atoms with Gasteiger partial charge in [-0.3, -0.25) is 19.7 Å². The van der Waals surface area contributed by atoms with E-state index in [4.69, 9.17) is 10.5 Å². The number of para-hydroxylation sites is 2. The van der Waals surface area contributed by atoms with Crippen LogP contribution in [0.2, 0.25) is 0 Å². The molecule has 0 aliphatic rings. The highest BCUT2D eigenvalue weighted by atomic mass is 16.6. The molecule has 0 radical (unpaired) electrons. The second kappa shape index (κ2) is 7.03. The van der Waals surface area contributed by atoms with Gasteiger partial charge >= 0.3 is 5.69 Å². The summed E-state index contributed by atoms with van der Waals surface area (Å²) in [5.74, 6) is -1.14. The predicted octanol–water partition coefficient (Wildman–Crippen LogP) is 1.71. The minimum atomic E-state index is -0.614. The number of nitro groups is 1. The quantitative estimate of drug-likeness (QED) is 0.620. The highest BCUT2D eigenvalue weighted by molar-refractivity contribution is 5.96. The third-order valence-corrected chi connectivity index (χ3v) is 2.85. The van der Waals surface area contributed by atoms with Crippen molar-refractivity contribution >= 4 is 23.2 Å². The van der Waals surface area contributed by atoms with Crippen LogP contribution >= 0.6 is 0 Å². The molecule has 0 saturated heterocycles. The summed E-state index contributed by atoms with van der Waals surface area (Å²) in [5.41, 5.74) is 5.55. The molecule has 0 fully saturated rings. The number of nitrogens with one attached hydrogen (secondary N) is 1.